The third-order valence-electron chi connectivity index (χ3n) is 2.98. The van der Waals surface area contributed by atoms with Crippen LogP contribution in [0, 0.1) is 5.82 Å². The van der Waals surface area contributed by atoms with Crippen LogP contribution in [0.5, 0.6) is 0 Å². The van der Waals surface area contributed by atoms with Gasteiger partial charge >= 0.3 is 0 Å². The summed E-state index contributed by atoms with van der Waals surface area (Å²) in [6.07, 6.45) is 2.56. The Morgan fingerprint density at radius 3 is 2.65 bits per heavy atom. The van der Waals surface area contributed by atoms with Gasteiger partial charge in [0, 0.05) is 13.2 Å². The molecule has 0 aliphatic rings. The van der Waals surface area contributed by atoms with Crippen molar-refractivity contribution >= 4 is 0 Å². The van der Waals surface area contributed by atoms with Crippen molar-refractivity contribution in [3.8, 4) is 0 Å². The maximum Gasteiger partial charge on any atom is 0.126 e. The fraction of sp³-hybridized carbons (Fsp3) is 0.538. The van der Waals surface area contributed by atoms with Gasteiger partial charge in [0.2, 0.25) is 0 Å². The number of hydrazine groups is 1. The summed E-state index contributed by atoms with van der Waals surface area (Å²) in [5, 5.41) is 0. The minimum Gasteiger partial charge on any atom is -0.382 e. The smallest absolute Gasteiger partial charge is 0.126 e. The topological polar surface area (TPSA) is 47.3 Å². The van der Waals surface area contributed by atoms with Gasteiger partial charge in [-0.2, -0.15) is 0 Å². The second-order valence-corrected chi connectivity index (χ2v) is 4.28. The molecule has 0 saturated heterocycles. The van der Waals surface area contributed by atoms with E-state index < -0.39 is 0 Å². The van der Waals surface area contributed by atoms with Crippen molar-refractivity contribution in [3.63, 3.8) is 0 Å². The summed E-state index contributed by atoms with van der Waals surface area (Å²) in [6.45, 7) is 2.01. The van der Waals surface area contributed by atoms with E-state index in [1.165, 1.54) is 6.07 Å². The second kappa shape index (κ2) is 7.37. The molecule has 96 valence electrons. The van der Waals surface area contributed by atoms with Crippen LogP contribution in [0.1, 0.15) is 25.3 Å². The Labute approximate surface area is 102 Å². The predicted octanol–water partition coefficient (Wildman–Crippen LogP) is 2.02. The lowest BCUT2D eigenvalue weighted by Crippen LogP contribution is -2.37. The van der Waals surface area contributed by atoms with Gasteiger partial charge in [-0.3, -0.25) is 11.3 Å². The van der Waals surface area contributed by atoms with Crippen LogP contribution in [0.2, 0.25) is 0 Å². The number of ether oxygens (including phenoxy) is 1. The van der Waals surface area contributed by atoms with Gasteiger partial charge in [-0.25, -0.2) is 4.39 Å². The van der Waals surface area contributed by atoms with Gasteiger partial charge in [0.1, 0.15) is 5.82 Å². The van der Waals surface area contributed by atoms with E-state index in [9.17, 15) is 4.39 Å². The molecule has 1 rings (SSSR count). The van der Waals surface area contributed by atoms with Gasteiger partial charge in [0.15, 0.2) is 0 Å². The Morgan fingerprint density at radius 1 is 1.35 bits per heavy atom. The zero-order chi connectivity index (χ0) is 12.7. The Morgan fingerprint density at radius 2 is 2.06 bits per heavy atom. The van der Waals surface area contributed by atoms with Crippen LogP contribution in [0.25, 0.3) is 0 Å². The normalized spacial score (nSPS) is 14.6. The summed E-state index contributed by atoms with van der Waals surface area (Å²) < 4.78 is 18.6. The van der Waals surface area contributed by atoms with Crippen molar-refractivity contribution in [2.24, 2.45) is 5.84 Å². The van der Waals surface area contributed by atoms with E-state index in [4.69, 9.17) is 10.6 Å². The SMILES string of the molecule is COC(C)CCC(Cc1ccccc1F)NN. The number of rotatable bonds is 7. The van der Waals surface area contributed by atoms with Crippen molar-refractivity contribution in [1.29, 1.82) is 0 Å². The molecule has 4 heteroatoms. The maximum atomic E-state index is 13.5. The number of halogens is 1. The predicted molar refractivity (Wildman–Crippen MR) is 66.9 cm³/mol. The number of hydrogen-bond acceptors (Lipinski definition) is 3. The molecule has 0 aliphatic carbocycles. The molecule has 0 aliphatic heterocycles. The van der Waals surface area contributed by atoms with E-state index >= 15 is 0 Å². The highest BCUT2D eigenvalue weighted by Gasteiger charge is 2.12. The number of nitrogens with two attached hydrogens (primary N) is 1. The molecule has 3 N–H and O–H groups in total. The first-order chi connectivity index (χ1) is 8.17. The van der Waals surface area contributed by atoms with Gasteiger partial charge in [0.05, 0.1) is 6.10 Å². The third-order valence-corrected chi connectivity index (χ3v) is 2.98. The Kier molecular flexibility index (Phi) is 6.11. The first-order valence-corrected chi connectivity index (χ1v) is 5.89. The molecular formula is C13H21FN2O. The Hall–Kier alpha value is -0.970. The second-order valence-electron chi connectivity index (χ2n) is 4.28. The summed E-state index contributed by atoms with van der Waals surface area (Å²) in [5.74, 6) is 5.31. The molecule has 0 spiro atoms. The number of benzene rings is 1. The lowest BCUT2D eigenvalue weighted by Gasteiger charge is -2.18. The summed E-state index contributed by atoms with van der Waals surface area (Å²) in [5.41, 5.74) is 3.43. The fourth-order valence-electron chi connectivity index (χ4n) is 1.73. The highest BCUT2D eigenvalue weighted by atomic mass is 19.1. The summed E-state index contributed by atoms with van der Waals surface area (Å²) in [4.78, 5) is 0. The van der Waals surface area contributed by atoms with Crippen molar-refractivity contribution in [2.75, 3.05) is 7.11 Å². The van der Waals surface area contributed by atoms with E-state index in [0.717, 1.165) is 12.8 Å². The van der Waals surface area contributed by atoms with Gasteiger partial charge in [-0.05, 0) is 37.8 Å². The average molecular weight is 240 g/mol. The minimum atomic E-state index is -0.174. The Bertz CT molecular complexity index is 333. The lowest BCUT2D eigenvalue weighted by molar-refractivity contribution is 0.106. The number of hydrogen-bond donors (Lipinski definition) is 2. The molecule has 0 fully saturated rings. The zero-order valence-corrected chi connectivity index (χ0v) is 10.4. The highest BCUT2D eigenvalue weighted by molar-refractivity contribution is 5.18. The summed E-state index contributed by atoms with van der Waals surface area (Å²) >= 11 is 0. The van der Waals surface area contributed by atoms with E-state index in [-0.39, 0.29) is 18.0 Å². The van der Waals surface area contributed by atoms with Crippen molar-refractivity contribution in [3.05, 3.63) is 35.6 Å². The zero-order valence-electron chi connectivity index (χ0n) is 10.4. The van der Waals surface area contributed by atoms with E-state index in [1.54, 1.807) is 19.2 Å². The molecule has 0 bridgehead atoms. The quantitative estimate of drug-likeness (QED) is 0.566. The highest BCUT2D eigenvalue weighted by Crippen LogP contribution is 2.12. The molecule has 0 aromatic heterocycles. The first-order valence-electron chi connectivity index (χ1n) is 5.89. The third kappa shape index (κ3) is 4.81. The van der Waals surface area contributed by atoms with E-state index in [2.05, 4.69) is 5.43 Å². The van der Waals surface area contributed by atoms with Crippen LogP contribution >= 0.6 is 0 Å². The van der Waals surface area contributed by atoms with Crippen LogP contribution in [0.15, 0.2) is 24.3 Å². The molecule has 2 atom stereocenters. The van der Waals surface area contributed by atoms with Crippen LogP contribution in [0.4, 0.5) is 4.39 Å². The maximum absolute atomic E-state index is 13.5. The van der Waals surface area contributed by atoms with E-state index in [1.807, 2.05) is 13.0 Å². The summed E-state index contributed by atoms with van der Waals surface area (Å²) in [6, 6.07) is 6.87. The van der Waals surface area contributed by atoms with Crippen molar-refractivity contribution in [1.82, 2.24) is 5.43 Å². The van der Waals surface area contributed by atoms with Gasteiger partial charge in [-0.1, -0.05) is 18.2 Å². The van der Waals surface area contributed by atoms with Crippen LogP contribution in [-0.4, -0.2) is 19.3 Å². The molecule has 0 heterocycles. The molecule has 0 amide bonds. The fourth-order valence-corrected chi connectivity index (χ4v) is 1.73. The standard InChI is InChI=1S/C13H21FN2O/c1-10(17-2)7-8-12(16-15)9-11-5-3-4-6-13(11)14/h3-6,10,12,16H,7-9,15H2,1-2H3. The largest absolute Gasteiger partial charge is 0.382 e. The molecular weight excluding hydrogens is 219 g/mol. The molecule has 17 heavy (non-hydrogen) atoms. The molecule has 2 unspecified atom stereocenters. The van der Waals surface area contributed by atoms with Crippen molar-refractivity contribution in [2.45, 2.75) is 38.3 Å². The van der Waals surface area contributed by atoms with Crippen molar-refractivity contribution < 1.29 is 9.13 Å². The molecule has 1 aromatic rings. The lowest BCUT2D eigenvalue weighted by atomic mass is 10.0. The molecule has 0 radical (unpaired) electrons. The average Bonchev–Trinajstić information content (AvgIpc) is 2.36. The summed E-state index contributed by atoms with van der Waals surface area (Å²) in [7, 11) is 1.69. The number of methoxy groups -OCH3 is 1. The molecule has 0 saturated carbocycles. The van der Waals surface area contributed by atoms with Gasteiger partial charge in [-0.15, -0.1) is 0 Å². The van der Waals surface area contributed by atoms with Gasteiger partial charge < -0.3 is 4.74 Å². The van der Waals surface area contributed by atoms with Crippen LogP contribution in [-0.2, 0) is 11.2 Å². The van der Waals surface area contributed by atoms with Gasteiger partial charge in [0.25, 0.3) is 0 Å². The van der Waals surface area contributed by atoms with E-state index in [0.29, 0.717) is 12.0 Å². The molecule has 3 nitrogen and oxygen atoms in total. The monoisotopic (exact) mass is 240 g/mol. The first kappa shape index (κ1) is 14.1. The van der Waals surface area contributed by atoms with Crippen LogP contribution < -0.4 is 11.3 Å². The van der Waals surface area contributed by atoms with Crippen LogP contribution in [0.3, 0.4) is 0 Å². The number of nitrogens with one attached hydrogen (secondary N) is 1. The minimum absolute atomic E-state index is 0.0736. The Balaban J connectivity index is 2.49. The molecule has 1 aromatic carbocycles.